The van der Waals surface area contributed by atoms with Crippen molar-refractivity contribution < 1.29 is 4.92 Å². The monoisotopic (exact) mass is 381 g/mol. The van der Waals surface area contributed by atoms with E-state index in [1.807, 2.05) is 6.92 Å². The van der Waals surface area contributed by atoms with E-state index in [0.717, 1.165) is 5.69 Å². The van der Waals surface area contributed by atoms with Gasteiger partial charge in [-0.05, 0) is 6.92 Å². The Labute approximate surface area is 138 Å². The van der Waals surface area contributed by atoms with Crippen LogP contribution in [0.3, 0.4) is 0 Å². The minimum atomic E-state index is -0.850. The van der Waals surface area contributed by atoms with Crippen LogP contribution in [-0.2, 0) is 6.54 Å². The van der Waals surface area contributed by atoms with Crippen LogP contribution in [0.4, 0.5) is 5.69 Å². The summed E-state index contributed by atoms with van der Waals surface area (Å²) >= 11 is 0. The van der Waals surface area contributed by atoms with Gasteiger partial charge in [0.2, 0.25) is 0 Å². The Kier molecular flexibility index (Phi) is 4.45. The van der Waals surface area contributed by atoms with Crippen LogP contribution in [0.25, 0.3) is 11.0 Å². The number of nitro groups is 1. The molecule has 2 heterocycles. The lowest BCUT2D eigenvalue weighted by molar-refractivity contribution is -0.384. The zero-order chi connectivity index (χ0) is 15.9. The smallest absolute Gasteiger partial charge is 0.314 e. The highest BCUT2D eigenvalue weighted by Crippen LogP contribution is 2.22. The summed E-state index contributed by atoms with van der Waals surface area (Å²) in [5.41, 5.74) is 0.0719. The fraction of sp³-hybridized carbons (Fsp3) is 0.154. The molecule has 0 saturated carbocycles. The predicted octanol–water partition coefficient (Wildman–Crippen LogP) is 1.26. The number of imidazole rings is 1. The van der Waals surface area contributed by atoms with Gasteiger partial charge in [0.05, 0.1) is 34.5 Å². The molecule has 3 aromatic rings. The summed E-state index contributed by atoms with van der Waals surface area (Å²) in [4.78, 5) is 42.3. The van der Waals surface area contributed by atoms with Crippen LogP contribution in [0.15, 0.2) is 34.2 Å². The highest BCUT2D eigenvalue weighted by Gasteiger charge is 2.14. The Morgan fingerprint density at radius 3 is 2.57 bits per heavy atom. The van der Waals surface area contributed by atoms with Gasteiger partial charge in [0.1, 0.15) is 0 Å². The van der Waals surface area contributed by atoms with Crippen molar-refractivity contribution in [3.05, 3.63) is 66.7 Å². The lowest BCUT2D eigenvalue weighted by Gasteiger charge is -2.07. The van der Waals surface area contributed by atoms with E-state index in [0.29, 0.717) is 11.1 Å². The molecule has 0 unspecified atom stereocenters. The number of H-pyrrole nitrogens is 2. The summed E-state index contributed by atoms with van der Waals surface area (Å²) in [6.45, 7) is 2.10. The van der Waals surface area contributed by atoms with Crippen molar-refractivity contribution in [1.82, 2.24) is 19.5 Å². The van der Waals surface area contributed by atoms with Gasteiger partial charge in [-0.1, -0.05) is 0 Å². The lowest BCUT2D eigenvalue weighted by Crippen LogP contribution is -2.29. The first-order valence-electron chi connectivity index (χ1n) is 6.36. The van der Waals surface area contributed by atoms with Crippen molar-refractivity contribution in [2.75, 3.05) is 0 Å². The number of hydrogen-bond acceptors (Lipinski definition) is 5. The number of fused-ring (bicyclic) bond motifs is 1. The van der Waals surface area contributed by atoms with E-state index >= 15 is 0 Å². The van der Waals surface area contributed by atoms with Crippen LogP contribution in [0.5, 0.6) is 0 Å². The molecule has 9 nitrogen and oxygen atoms in total. The fourth-order valence-corrected chi connectivity index (χ4v) is 2.27. The summed E-state index contributed by atoms with van der Waals surface area (Å²) in [6, 6.07) is 2.58. The van der Waals surface area contributed by atoms with Gasteiger partial charge in [0, 0.05) is 23.9 Å². The number of aromatic nitrogens is 4. The van der Waals surface area contributed by atoms with Gasteiger partial charge in [-0.25, -0.2) is 4.98 Å². The van der Waals surface area contributed by atoms with Gasteiger partial charge >= 0.3 is 11.1 Å². The maximum Gasteiger partial charge on any atom is 0.314 e. The molecule has 0 saturated heterocycles. The molecule has 3 rings (SSSR count). The van der Waals surface area contributed by atoms with Crippen molar-refractivity contribution in [3.63, 3.8) is 0 Å². The number of nitro benzene ring substituents is 1. The molecule has 23 heavy (non-hydrogen) atoms. The van der Waals surface area contributed by atoms with Crippen molar-refractivity contribution >= 4 is 33.7 Å². The predicted molar refractivity (Wildman–Crippen MR) is 88.2 cm³/mol. The summed E-state index contributed by atoms with van der Waals surface area (Å²) in [6.07, 6.45) is 3.36. The first-order valence-corrected chi connectivity index (χ1v) is 6.36. The first-order chi connectivity index (χ1) is 10.4. The van der Waals surface area contributed by atoms with Crippen LogP contribution in [0.1, 0.15) is 11.3 Å². The Morgan fingerprint density at radius 2 is 1.96 bits per heavy atom. The summed E-state index contributed by atoms with van der Waals surface area (Å²) in [5, 5.41) is 11.0. The minimum absolute atomic E-state index is 0. The molecule has 120 valence electrons. The largest absolute Gasteiger partial charge is 0.333 e. The molecule has 0 spiro atoms. The molecular weight excluding hydrogens is 370 g/mol. The standard InChI is InChI=1S/C13H11N5O4.BrH/c1-7-4-17(6-14-7)5-8-2-9(18(21)22)3-10-11(8)16-13(20)12(19)15-10;/h2-4,6H,5H2,1H3,(H,15,19)(H,16,20);1H. The molecule has 0 aliphatic rings. The third-order valence-electron chi connectivity index (χ3n) is 3.22. The average Bonchev–Trinajstić information content (AvgIpc) is 2.86. The Bertz CT molecular complexity index is 1000. The number of nitrogens with zero attached hydrogens (tertiary/aromatic N) is 3. The number of benzene rings is 1. The summed E-state index contributed by atoms with van der Waals surface area (Å²) < 4.78 is 1.73. The molecule has 0 aliphatic heterocycles. The van der Waals surface area contributed by atoms with Crippen LogP contribution in [0.2, 0.25) is 0 Å². The second kappa shape index (κ2) is 6.16. The molecule has 10 heteroatoms. The molecule has 0 bridgehead atoms. The van der Waals surface area contributed by atoms with E-state index in [4.69, 9.17) is 0 Å². The van der Waals surface area contributed by atoms with Gasteiger partial charge in [0.15, 0.2) is 0 Å². The van der Waals surface area contributed by atoms with E-state index < -0.39 is 16.0 Å². The van der Waals surface area contributed by atoms with Crippen molar-refractivity contribution in [2.45, 2.75) is 13.5 Å². The van der Waals surface area contributed by atoms with Crippen LogP contribution < -0.4 is 11.1 Å². The molecule has 1 aromatic carbocycles. The molecule has 2 N–H and O–H groups in total. The fourth-order valence-electron chi connectivity index (χ4n) is 2.27. The number of nitrogens with one attached hydrogen (secondary N) is 2. The molecule has 0 fully saturated rings. The minimum Gasteiger partial charge on any atom is -0.333 e. The Hall–Kier alpha value is -2.75. The number of rotatable bonds is 3. The molecule has 0 atom stereocenters. The zero-order valence-electron chi connectivity index (χ0n) is 11.9. The number of halogens is 1. The van der Waals surface area contributed by atoms with Gasteiger partial charge in [-0.15, -0.1) is 17.0 Å². The SMILES string of the molecule is Br.Cc1cn(Cc2cc([N+](=O)[O-])cc3[nH]c(=O)c(=O)[nH]c23)cn1. The quantitative estimate of drug-likeness (QED) is 0.401. The van der Waals surface area contributed by atoms with E-state index in [9.17, 15) is 19.7 Å². The molecule has 0 radical (unpaired) electrons. The average molecular weight is 382 g/mol. The number of aromatic amines is 2. The second-order valence-corrected chi connectivity index (χ2v) is 4.88. The van der Waals surface area contributed by atoms with E-state index in [1.165, 1.54) is 12.1 Å². The van der Waals surface area contributed by atoms with Gasteiger partial charge in [-0.2, -0.15) is 0 Å². The lowest BCUT2D eigenvalue weighted by atomic mass is 10.1. The third-order valence-corrected chi connectivity index (χ3v) is 3.22. The van der Waals surface area contributed by atoms with Gasteiger partial charge in [0.25, 0.3) is 5.69 Å². The van der Waals surface area contributed by atoms with Crippen LogP contribution >= 0.6 is 17.0 Å². The first kappa shape index (κ1) is 16.6. The van der Waals surface area contributed by atoms with E-state index in [2.05, 4.69) is 15.0 Å². The highest BCUT2D eigenvalue weighted by molar-refractivity contribution is 8.93. The maximum atomic E-state index is 11.5. The third kappa shape index (κ3) is 3.21. The van der Waals surface area contributed by atoms with Gasteiger partial charge in [-0.3, -0.25) is 19.7 Å². The van der Waals surface area contributed by atoms with E-state index in [-0.39, 0.29) is 34.7 Å². The summed E-state index contributed by atoms with van der Waals surface area (Å²) in [7, 11) is 0. The van der Waals surface area contributed by atoms with Gasteiger partial charge < -0.3 is 14.5 Å². The van der Waals surface area contributed by atoms with Crippen molar-refractivity contribution in [1.29, 1.82) is 0 Å². The Morgan fingerprint density at radius 1 is 1.26 bits per heavy atom. The molecule has 0 amide bonds. The number of aryl methyl sites for hydroxylation is 1. The highest BCUT2D eigenvalue weighted by atomic mass is 79.9. The number of hydrogen-bond donors (Lipinski definition) is 2. The van der Waals surface area contributed by atoms with Crippen LogP contribution in [0, 0.1) is 17.0 Å². The number of non-ortho nitro benzene ring substituents is 1. The topological polar surface area (TPSA) is 127 Å². The summed E-state index contributed by atoms with van der Waals surface area (Å²) in [5.74, 6) is 0. The van der Waals surface area contributed by atoms with Crippen molar-refractivity contribution in [3.8, 4) is 0 Å². The van der Waals surface area contributed by atoms with Crippen molar-refractivity contribution in [2.24, 2.45) is 0 Å². The van der Waals surface area contributed by atoms with E-state index in [1.54, 1.807) is 17.1 Å². The molecule has 2 aromatic heterocycles. The zero-order valence-corrected chi connectivity index (χ0v) is 13.6. The maximum absolute atomic E-state index is 11.5. The normalized spacial score (nSPS) is 10.5. The Balaban J connectivity index is 0.00000192. The molecular formula is C13H12BrN5O4. The molecule has 0 aliphatic carbocycles. The van der Waals surface area contributed by atoms with Crippen LogP contribution in [-0.4, -0.2) is 24.4 Å². The second-order valence-electron chi connectivity index (χ2n) is 4.88.